The molecule has 1 aromatic carbocycles. The minimum absolute atomic E-state index is 0.0938. The summed E-state index contributed by atoms with van der Waals surface area (Å²) >= 11 is 0. The van der Waals surface area contributed by atoms with Crippen LogP contribution in [-0.2, 0) is 9.53 Å². The molecule has 0 aliphatic carbocycles. The highest BCUT2D eigenvalue weighted by molar-refractivity contribution is 5.96. The van der Waals surface area contributed by atoms with Crippen LogP contribution in [0.3, 0.4) is 0 Å². The molecule has 124 valence electrons. The lowest BCUT2D eigenvalue weighted by Crippen LogP contribution is -2.39. The number of alkyl halides is 4. The van der Waals surface area contributed by atoms with E-state index in [9.17, 15) is 22.4 Å². The van der Waals surface area contributed by atoms with Gasteiger partial charge in [-0.05, 0) is 12.1 Å². The van der Waals surface area contributed by atoms with Gasteiger partial charge in [-0.25, -0.2) is 0 Å². The van der Waals surface area contributed by atoms with Gasteiger partial charge in [0.1, 0.15) is 11.8 Å². The van der Waals surface area contributed by atoms with E-state index in [1.807, 2.05) is 0 Å². The number of rotatable bonds is 8. The number of carbonyl (C=O) groups excluding carboxylic acids is 1. The minimum atomic E-state index is -3.22. The lowest BCUT2D eigenvalue weighted by atomic mass is 10.2. The second-order valence-corrected chi connectivity index (χ2v) is 3.97. The molecule has 0 aromatic heterocycles. The number of nitrogens with one attached hydrogen (secondary N) is 1. The van der Waals surface area contributed by atoms with Crippen molar-refractivity contribution in [3.63, 3.8) is 0 Å². The average molecular weight is 326 g/mol. The number of nitrogens with two attached hydrogens (primary N) is 1. The highest BCUT2D eigenvalue weighted by Gasteiger charge is 2.18. The Morgan fingerprint density at radius 2 is 1.86 bits per heavy atom. The van der Waals surface area contributed by atoms with Crippen LogP contribution in [0.2, 0.25) is 0 Å². The van der Waals surface area contributed by atoms with Gasteiger partial charge < -0.3 is 25.3 Å². The van der Waals surface area contributed by atoms with Gasteiger partial charge in [0.25, 0.3) is 0 Å². The SMILES string of the molecule is COCC(N)C(=O)Nc1ccc(OC(F)F)cc1OC(F)F. The number of carbonyl (C=O) groups is 1. The van der Waals surface area contributed by atoms with E-state index in [0.717, 1.165) is 18.2 Å². The Labute approximate surface area is 123 Å². The summed E-state index contributed by atoms with van der Waals surface area (Å²) in [6, 6.07) is 1.89. The molecule has 0 aliphatic heterocycles. The van der Waals surface area contributed by atoms with Crippen LogP contribution in [0.25, 0.3) is 0 Å². The van der Waals surface area contributed by atoms with E-state index in [2.05, 4.69) is 19.5 Å². The van der Waals surface area contributed by atoms with Crippen LogP contribution < -0.4 is 20.5 Å². The molecule has 22 heavy (non-hydrogen) atoms. The number of hydrogen-bond acceptors (Lipinski definition) is 5. The van der Waals surface area contributed by atoms with E-state index in [-0.39, 0.29) is 12.3 Å². The summed E-state index contributed by atoms with van der Waals surface area (Å²) in [6.45, 7) is -6.44. The topological polar surface area (TPSA) is 82.8 Å². The Kier molecular flexibility index (Phi) is 6.86. The van der Waals surface area contributed by atoms with Gasteiger partial charge in [0.2, 0.25) is 5.91 Å². The van der Waals surface area contributed by atoms with Crippen LogP contribution >= 0.6 is 0 Å². The summed E-state index contributed by atoms with van der Waals surface area (Å²) in [5, 5.41) is 2.24. The van der Waals surface area contributed by atoms with Crippen molar-refractivity contribution >= 4 is 11.6 Å². The Bertz CT molecular complexity index is 502. The summed E-state index contributed by atoms with van der Waals surface area (Å²) in [5.74, 6) is -1.65. The molecule has 3 N–H and O–H groups in total. The number of anilines is 1. The number of benzene rings is 1. The maximum absolute atomic E-state index is 12.3. The Hall–Kier alpha value is -2.07. The molecule has 6 nitrogen and oxygen atoms in total. The first-order chi connectivity index (χ1) is 10.3. The second kappa shape index (κ2) is 8.39. The molecule has 1 atom stereocenters. The highest BCUT2D eigenvalue weighted by atomic mass is 19.3. The van der Waals surface area contributed by atoms with E-state index in [1.165, 1.54) is 7.11 Å². The molecular weight excluding hydrogens is 312 g/mol. The van der Waals surface area contributed by atoms with Crippen LogP contribution in [-0.4, -0.2) is 38.9 Å². The molecule has 0 aliphatic rings. The molecule has 0 radical (unpaired) electrons. The molecule has 10 heteroatoms. The predicted octanol–water partition coefficient (Wildman–Crippen LogP) is 1.80. The highest BCUT2D eigenvalue weighted by Crippen LogP contribution is 2.31. The molecule has 0 saturated carbocycles. The van der Waals surface area contributed by atoms with E-state index >= 15 is 0 Å². The van der Waals surface area contributed by atoms with Crippen molar-refractivity contribution in [1.29, 1.82) is 0 Å². The van der Waals surface area contributed by atoms with Gasteiger partial charge in [0.15, 0.2) is 5.75 Å². The summed E-state index contributed by atoms with van der Waals surface area (Å²) in [5.41, 5.74) is 5.30. The lowest BCUT2D eigenvalue weighted by molar-refractivity contribution is -0.118. The molecule has 0 bridgehead atoms. The third-order valence-electron chi connectivity index (χ3n) is 2.34. The number of methoxy groups -OCH3 is 1. The van der Waals surface area contributed by atoms with E-state index in [0.29, 0.717) is 0 Å². The largest absolute Gasteiger partial charge is 0.435 e. The minimum Gasteiger partial charge on any atom is -0.435 e. The van der Waals surface area contributed by atoms with Gasteiger partial charge >= 0.3 is 13.2 Å². The Morgan fingerprint density at radius 3 is 2.41 bits per heavy atom. The van der Waals surface area contributed by atoms with Crippen LogP contribution in [0.5, 0.6) is 11.5 Å². The molecule has 1 amide bonds. The van der Waals surface area contributed by atoms with Gasteiger partial charge in [0.05, 0.1) is 12.3 Å². The van der Waals surface area contributed by atoms with Gasteiger partial charge in [-0.15, -0.1) is 0 Å². The maximum atomic E-state index is 12.3. The Balaban J connectivity index is 2.94. The van der Waals surface area contributed by atoms with Gasteiger partial charge in [0, 0.05) is 13.2 Å². The number of hydrogen-bond donors (Lipinski definition) is 2. The molecule has 1 aromatic rings. The standard InChI is InChI=1S/C12H14F4N2O4/c1-20-5-7(17)10(19)18-8-3-2-6(21-11(13)14)4-9(8)22-12(15)16/h2-4,7,11-12H,5,17H2,1H3,(H,18,19). The fourth-order valence-electron chi connectivity index (χ4n) is 1.46. The van der Waals surface area contributed by atoms with Crippen LogP contribution in [0, 0.1) is 0 Å². The van der Waals surface area contributed by atoms with Gasteiger partial charge in [-0.2, -0.15) is 17.6 Å². The maximum Gasteiger partial charge on any atom is 0.387 e. The second-order valence-electron chi connectivity index (χ2n) is 3.97. The first-order valence-electron chi connectivity index (χ1n) is 5.92. The van der Waals surface area contributed by atoms with Crippen molar-refractivity contribution in [3.8, 4) is 11.5 Å². The quantitative estimate of drug-likeness (QED) is 0.712. The monoisotopic (exact) mass is 326 g/mol. The van der Waals surface area contributed by atoms with Crippen molar-refractivity contribution in [2.24, 2.45) is 5.73 Å². The van der Waals surface area contributed by atoms with Crippen molar-refractivity contribution < 1.29 is 36.6 Å². The van der Waals surface area contributed by atoms with Crippen molar-refractivity contribution in [2.75, 3.05) is 19.0 Å². The summed E-state index contributed by atoms with van der Waals surface area (Å²) < 4.78 is 61.8. The zero-order valence-electron chi connectivity index (χ0n) is 11.4. The average Bonchev–Trinajstić information content (AvgIpc) is 2.40. The first-order valence-corrected chi connectivity index (χ1v) is 5.92. The zero-order chi connectivity index (χ0) is 16.7. The van der Waals surface area contributed by atoms with E-state index < -0.39 is 36.7 Å². The fourth-order valence-corrected chi connectivity index (χ4v) is 1.46. The van der Waals surface area contributed by atoms with Gasteiger partial charge in [-0.1, -0.05) is 0 Å². The Morgan fingerprint density at radius 1 is 1.23 bits per heavy atom. The lowest BCUT2D eigenvalue weighted by Gasteiger charge is -2.16. The predicted molar refractivity (Wildman–Crippen MR) is 68.2 cm³/mol. The summed E-state index contributed by atoms with van der Waals surface area (Å²) in [7, 11) is 1.33. The molecule has 1 unspecified atom stereocenters. The molecule has 0 saturated heterocycles. The molecule has 0 heterocycles. The third kappa shape index (κ3) is 5.74. The van der Waals surface area contributed by atoms with E-state index in [4.69, 9.17) is 5.73 Å². The van der Waals surface area contributed by atoms with Gasteiger partial charge in [-0.3, -0.25) is 4.79 Å². The van der Waals surface area contributed by atoms with Crippen LogP contribution in [0.15, 0.2) is 18.2 Å². The van der Waals surface area contributed by atoms with Crippen LogP contribution in [0.4, 0.5) is 23.2 Å². The fraction of sp³-hybridized carbons (Fsp3) is 0.417. The molecular formula is C12H14F4N2O4. The van der Waals surface area contributed by atoms with Crippen molar-refractivity contribution in [2.45, 2.75) is 19.3 Å². The molecule has 0 spiro atoms. The summed E-state index contributed by atoms with van der Waals surface area (Å²) in [6.07, 6.45) is 0. The zero-order valence-corrected chi connectivity index (χ0v) is 11.4. The van der Waals surface area contributed by atoms with Crippen LogP contribution in [0.1, 0.15) is 0 Å². The van der Waals surface area contributed by atoms with E-state index in [1.54, 1.807) is 0 Å². The van der Waals surface area contributed by atoms with Crippen molar-refractivity contribution in [1.82, 2.24) is 0 Å². The smallest absolute Gasteiger partial charge is 0.387 e. The summed E-state index contributed by atoms with van der Waals surface area (Å²) in [4.78, 5) is 11.7. The third-order valence-corrected chi connectivity index (χ3v) is 2.34. The van der Waals surface area contributed by atoms with Crippen molar-refractivity contribution in [3.05, 3.63) is 18.2 Å². The number of halogens is 4. The first kappa shape index (κ1) is 18.0. The number of ether oxygens (including phenoxy) is 3. The number of amides is 1. The normalized spacial score (nSPS) is 12.4. The molecule has 0 fully saturated rings. The molecule has 1 rings (SSSR count).